The summed E-state index contributed by atoms with van der Waals surface area (Å²) in [5.74, 6) is 0.248. The summed E-state index contributed by atoms with van der Waals surface area (Å²) in [6, 6.07) is 4.23. The molecule has 2 aliphatic heterocycles. The van der Waals surface area contributed by atoms with Gasteiger partial charge in [0.15, 0.2) is 0 Å². The number of halogens is 2. The average molecular weight is 335 g/mol. The number of benzene rings is 1. The zero-order chi connectivity index (χ0) is 14.3. The molecule has 0 bridgehead atoms. The van der Waals surface area contributed by atoms with Crippen LogP contribution in [0.5, 0.6) is 0 Å². The third-order valence-corrected chi connectivity index (χ3v) is 6.25. The van der Waals surface area contributed by atoms with Crippen molar-refractivity contribution in [3.63, 3.8) is 0 Å². The van der Waals surface area contributed by atoms with Crippen molar-refractivity contribution in [1.29, 1.82) is 0 Å². The van der Waals surface area contributed by atoms with Gasteiger partial charge in [0, 0.05) is 13.1 Å². The summed E-state index contributed by atoms with van der Waals surface area (Å²) in [5, 5.41) is 3.30. The van der Waals surface area contributed by atoms with Gasteiger partial charge in [-0.25, -0.2) is 12.8 Å². The largest absolute Gasteiger partial charge is 0.316 e. The highest BCUT2D eigenvalue weighted by atomic mass is 35.5. The van der Waals surface area contributed by atoms with E-state index in [4.69, 9.17) is 0 Å². The van der Waals surface area contributed by atoms with Crippen LogP contribution in [-0.4, -0.2) is 38.9 Å². The Balaban J connectivity index is 0.00000161. The summed E-state index contributed by atoms with van der Waals surface area (Å²) in [5.41, 5.74) is 0.752. The van der Waals surface area contributed by atoms with Gasteiger partial charge in [0.25, 0.3) is 0 Å². The van der Waals surface area contributed by atoms with Gasteiger partial charge in [-0.3, -0.25) is 0 Å². The lowest BCUT2D eigenvalue weighted by molar-refractivity contribution is 0.227. The van der Waals surface area contributed by atoms with E-state index in [0.717, 1.165) is 25.1 Å². The van der Waals surface area contributed by atoms with Crippen molar-refractivity contribution in [3.05, 3.63) is 29.6 Å². The van der Waals surface area contributed by atoms with Gasteiger partial charge in [0.1, 0.15) is 10.7 Å². The predicted octanol–water partition coefficient (Wildman–Crippen LogP) is 1.79. The number of nitrogens with one attached hydrogen (secondary N) is 1. The van der Waals surface area contributed by atoms with Gasteiger partial charge in [0.05, 0.1) is 0 Å². The smallest absolute Gasteiger partial charge is 0.246 e. The van der Waals surface area contributed by atoms with E-state index >= 15 is 0 Å². The lowest BCUT2D eigenvalue weighted by Gasteiger charge is -2.33. The molecule has 21 heavy (non-hydrogen) atoms. The van der Waals surface area contributed by atoms with Crippen LogP contribution in [0.25, 0.3) is 0 Å². The Hall–Kier alpha value is -0.690. The number of aryl methyl sites for hydroxylation is 1. The molecule has 0 aliphatic carbocycles. The molecule has 2 unspecified atom stereocenters. The molecular formula is C14H20ClFN2O2S. The number of piperidine rings is 1. The van der Waals surface area contributed by atoms with Crippen molar-refractivity contribution in [2.24, 2.45) is 11.8 Å². The lowest BCUT2D eigenvalue weighted by atomic mass is 9.90. The first-order valence-corrected chi connectivity index (χ1v) is 8.39. The SMILES string of the molecule is Cc1ccc(F)c(S(=O)(=O)N2CCC3CNCC3C2)c1.Cl. The van der Waals surface area contributed by atoms with E-state index in [1.54, 1.807) is 13.0 Å². The third-order valence-electron chi connectivity index (χ3n) is 4.37. The molecule has 0 spiro atoms. The Labute approximate surface area is 131 Å². The van der Waals surface area contributed by atoms with Crippen molar-refractivity contribution in [1.82, 2.24) is 9.62 Å². The van der Waals surface area contributed by atoms with Gasteiger partial charge in [-0.05, 0) is 56.0 Å². The molecule has 1 aromatic rings. The maximum atomic E-state index is 13.9. The van der Waals surface area contributed by atoms with Crippen LogP contribution in [0.2, 0.25) is 0 Å². The zero-order valence-electron chi connectivity index (χ0n) is 11.9. The maximum Gasteiger partial charge on any atom is 0.246 e. The van der Waals surface area contributed by atoms with Crippen molar-refractivity contribution in [2.75, 3.05) is 26.2 Å². The molecule has 2 atom stereocenters. The highest BCUT2D eigenvalue weighted by Gasteiger charge is 2.38. The van der Waals surface area contributed by atoms with E-state index in [1.807, 2.05) is 0 Å². The number of fused-ring (bicyclic) bond motifs is 1. The van der Waals surface area contributed by atoms with Crippen LogP contribution in [0.4, 0.5) is 4.39 Å². The van der Waals surface area contributed by atoms with Crippen molar-refractivity contribution < 1.29 is 12.8 Å². The fourth-order valence-electron chi connectivity index (χ4n) is 3.17. The Morgan fingerprint density at radius 1 is 1.29 bits per heavy atom. The van der Waals surface area contributed by atoms with E-state index in [0.29, 0.717) is 24.9 Å². The number of sulfonamides is 1. The quantitative estimate of drug-likeness (QED) is 0.897. The number of nitrogens with zero attached hydrogens (tertiary/aromatic N) is 1. The second kappa shape index (κ2) is 6.20. The van der Waals surface area contributed by atoms with Gasteiger partial charge in [-0.1, -0.05) is 6.07 Å². The molecule has 118 valence electrons. The van der Waals surface area contributed by atoms with Gasteiger partial charge < -0.3 is 5.32 Å². The van der Waals surface area contributed by atoms with E-state index in [1.165, 1.54) is 16.4 Å². The van der Waals surface area contributed by atoms with Crippen LogP contribution < -0.4 is 5.32 Å². The average Bonchev–Trinajstić information content (AvgIpc) is 2.88. The molecule has 3 rings (SSSR count). The van der Waals surface area contributed by atoms with Gasteiger partial charge in [0.2, 0.25) is 10.0 Å². The van der Waals surface area contributed by atoms with Crippen LogP contribution in [0.1, 0.15) is 12.0 Å². The van der Waals surface area contributed by atoms with E-state index in [-0.39, 0.29) is 17.3 Å². The van der Waals surface area contributed by atoms with Crippen molar-refractivity contribution in [3.8, 4) is 0 Å². The molecule has 1 N–H and O–H groups in total. The molecule has 2 fully saturated rings. The minimum absolute atomic E-state index is 0. The molecule has 0 amide bonds. The van der Waals surface area contributed by atoms with Gasteiger partial charge in [-0.15, -0.1) is 12.4 Å². The first-order valence-electron chi connectivity index (χ1n) is 6.95. The van der Waals surface area contributed by atoms with Gasteiger partial charge >= 0.3 is 0 Å². The highest BCUT2D eigenvalue weighted by molar-refractivity contribution is 7.89. The molecule has 2 aliphatic rings. The molecule has 0 aromatic heterocycles. The summed E-state index contributed by atoms with van der Waals surface area (Å²) in [7, 11) is -3.72. The molecule has 0 saturated carbocycles. The fraction of sp³-hybridized carbons (Fsp3) is 0.571. The number of hydrogen-bond acceptors (Lipinski definition) is 3. The maximum absolute atomic E-state index is 13.9. The minimum atomic E-state index is -3.72. The third kappa shape index (κ3) is 3.08. The summed E-state index contributed by atoms with van der Waals surface area (Å²) >= 11 is 0. The zero-order valence-corrected chi connectivity index (χ0v) is 13.5. The number of hydrogen-bond donors (Lipinski definition) is 1. The Bertz CT molecular complexity index is 623. The van der Waals surface area contributed by atoms with Crippen LogP contribution in [0.15, 0.2) is 23.1 Å². The summed E-state index contributed by atoms with van der Waals surface area (Å²) < 4.78 is 40.5. The Kier molecular flexibility index (Phi) is 4.92. The molecule has 0 radical (unpaired) electrons. The molecule has 2 saturated heterocycles. The van der Waals surface area contributed by atoms with E-state index in [2.05, 4.69) is 5.32 Å². The van der Waals surface area contributed by atoms with Gasteiger partial charge in [-0.2, -0.15) is 4.31 Å². The fourth-order valence-corrected chi connectivity index (χ4v) is 4.83. The van der Waals surface area contributed by atoms with Crippen LogP contribution >= 0.6 is 12.4 Å². The number of rotatable bonds is 2. The monoisotopic (exact) mass is 334 g/mol. The molecule has 1 aromatic carbocycles. The topological polar surface area (TPSA) is 49.4 Å². The molecule has 2 heterocycles. The van der Waals surface area contributed by atoms with Crippen molar-refractivity contribution >= 4 is 22.4 Å². The van der Waals surface area contributed by atoms with Crippen LogP contribution in [0.3, 0.4) is 0 Å². The molecule has 7 heteroatoms. The van der Waals surface area contributed by atoms with E-state index in [9.17, 15) is 12.8 Å². The minimum Gasteiger partial charge on any atom is -0.316 e. The Morgan fingerprint density at radius 3 is 2.76 bits per heavy atom. The van der Waals surface area contributed by atoms with Crippen molar-refractivity contribution in [2.45, 2.75) is 18.2 Å². The molecule has 4 nitrogen and oxygen atoms in total. The Morgan fingerprint density at radius 2 is 2.00 bits per heavy atom. The summed E-state index contributed by atoms with van der Waals surface area (Å²) in [4.78, 5) is -0.193. The lowest BCUT2D eigenvalue weighted by Crippen LogP contribution is -2.43. The summed E-state index contributed by atoms with van der Waals surface area (Å²) in [6.45, 7) is 4.57. The summed E-state index contributed by atoms with van der Waals surface area (Å²) in [6.07, 6.45) is 0.852. The second-order valence-electron chi connectivity index (χ2n) is 5.76. The highest BCUT2D eigenvalue weighted by Crippen LogP contribution is 2.30. The first kappa shape index (κ1) is 16.7. The normalized spacial score (nSPS) is 26.2. The second-order valence-corrected chi connectivity index (χ2v) is 7.67. The molecular weight excluding hydrogens is 315 g/mol. The predicted molar refractivity (Wildman–Crippen MR) is 81.6 cm³/mol. The van der Waals surface area contributed by atoms with Crippen LogP contribution in [-0.2, 0) is 10.0 Å². The van der Waals surface area contributed by atoms with Crippen LogP contribution in [0, 0.1) is 24.6 Å². The van der Waals surface area contributed by atoms with E-state index < -0.39 is 15.8 Å². The first-order chi connectivity index (χ1) is 9.48. The standard InChI is InChI=1S/C14H19FN2O2S.ClH/c1-10-2-3-13(15)14(6-10)20(18,19)17-5-4-11-7-16-8-12(11)9-17;/h2-3,6,11-12,16H,4-5,7-9H2,1H3;1H.